The minimum atomic E-state index is -1.22. The van der Waals surface area contributed by atoms with Gasteiger partial charge < -0.3 is 19.9 Å². The fraction of sp³-hybridized carbons (Fsp3) is 0.812. The molecule has 0 amide bonds. The molecule has 4 atom stereocenters. The van der Waals surface area contributed by atoms with E-state index >= 15 is 0 Å². The topological polar surface area (TPSA) is 105 Å². The molecule has 1 aliphatic heterocycles. The Morgan fingerprint density at radius 3 is 2.52 bits per heavy atom. The molecule has 0 aromatic carbocycles. The maximum Gasteiger partial charge on any atom is 0.344 e. The average molecular weight is 327 g/mol. The molecule has 0 aromatic rings. The number of esters is 3. The van der Waals surface area contributed by atoms with Gasteiger partial charge in [-0.25, -0.2) is 4.79 Å². The van der Waals surface area contributed by atoms with Crippen molar-refractivity contribution in [2.45, 2.75) is 64.7 Å². The van der Waals surface area contributed by atoms with E-state index in [1.165, 1.54) is 0 Å². The molecule has 7 heteroatoms. The van der Waals surface area contributed by atoms with Crippen LogP contribution in [0.1, 0.15) is 47.0 Å². The summed E-state index contributed by atoms with van der Waals surface area (Å²) >= 11 is 0. The van der Waals surface area contributed by atoms with Gasteiger partial charge in [0.05, 0.1) is 5.92 Å². The Kier molecular flexibility index (Phi) is 4.71. The minimum absolute atomic E-state index is 0.0717. The van der Waals surface area contributed by atoms with Gasteiger partial charge in [0.2, 0.25) is 0 Å². The highest BCUT2D eigenvalue weighted by Gasteiger charge is 2.45. The zero-order chi connectivity index (χ0) is 17.4. The molecule has 2 fully saturated rings. The fourth-order valence-corrected chi connectivity index (χ4v) is 2.60. The molecule has 130 valence electrons. The molecule has 1 aliphatic carbocycles. The number of ether oxygens (including phenoxy) is 3. The van der Waals surface area contributed by atoms with Crippen molar-refractivity contribution in [3.05, 3.63) is 0 Å². The molecule has 1 saturated carbocycles. The second kappa shape index (κ2) is 6.11. The largest absolute Gasteiger partial charge is 0.458 e. The number of rotatable bonds is 4. The van der Waals surface area contributed by atoms with Crippen molar-refractivity contribution in [2.24, 2.45) is 17.1 Å². The zero-order valence-electron chi connectivity index (χ0n) is 14.1. The molecular weight excluding hydrogens is 302 g/mol. The highest BCUT2D eigenvalue weighted by molar-refractivity contribution is 5.83. The lowest BCUT2D eigenvalue weighted by Gasteiger charge is -2.35. The summed E-state index contributed by atoms with van der Waals surface area (Å²) in [6, 6.07) is 0. The number of hydrogen-bond donors (Lipinski definition) is 1. The van der Waals surface area contributed by atoms with E-state index in [2.05, 4.69) is 0 Å². The van der Waals surface area contributed by atoms with E-state index in [-0.39, 0.29) is 18.0 Å². The minimum Gasteiger partial charge on any atom is -0.458 e. The molecule has 23 heavy (non-hydrogen) atoms. The predicted molar refractivity (Wildman–Crippen MR) is 80.1 cm³/mol. The summed E-state index contributed by atoms with van der Waals surface area (Å²) in [4.78, 5) is 35.4. The van der Waals surface area contributed by atoms with E-state index in [0.717, 1.165) is 0 Å². The molecule has 3 unspecified atom stereocenters. The maximum atomic E-state index is 12.1. The molecule has 1 heterocycles. The lowest BCUT2D eigenvalue weighted by molar-refractivity contribution is -0.172. The quantitative estimate of drug-likeness (QED) is 0.605. The summed E-state index contributed by atoms with van der Waals surface area (Å²) in [7, 11) is 0. The van der Waals surface area contributed by atoms with Crippen LogP contribution in [0, 0.1) is 11.3 Å². The van der Waals surface area contributed by atoms with Crippen LogP contribution in [0.4, 0.5) is 0 Å². The average Bonchev–Trinajstić information content (AvgIpc) is 2.74. The summed E-state index contributed by atoms with van der Waals surface area (Å²) in [5, 5.41) is 0. The monoisotopic (exact) mass is 327 g/mol. The van der Waals surface area contributed by atoms with Crippen molar-refractivity contribution in [3.8, 4) is 0 Å². The van der Waals surface area contributed by atoms with Gasteiger partial charge in [-0.1, -0.05) is 20.8 Å². The smallest absolute Gasteiger partial charge is 0.344 e. The van der Waals surface area contributed by atoms with Gasteiger partial charge in [-0.3, -0.25) is 9.59 Å². The summed E-state index contributed by atoms with van der Waals surface area (Å²) < 4.78 is 15.5. The maximum absolute atomic E-state index is 12.1. The summed E-state index contributed by atoms with van der Waals surface area (Å²) in [6.45, 7) is 6.53. The normalized spacial score (nSPS) is 29.4. The number of hydrogen-bond acceptors (Lipinski definition) is 7. The van der Waals surface area contributed by atoms with Crippen LogP contribution in [0.25, 0.3) is 0 Å². The predicted octanol–water partition coefficient (Wildman–Crippen LogP) is 0.930. The standard InChI is InChI=1S/C16H25NO6/c1-15(2,3)16(4,17)14(20)21-8-12(18)22-10-6-5-9-7-11(10)23-13(9)19/h9-11H,5-8,17H2,1-4H3/t9?,10?,11-,16?/m1/s1. The molecule has 0 aromatic heterocycles. The SMILES string of the molecule is CC(C)(C)C(C)(N)C(=O)OCC(=O)OC1CCC2C[C@H]1OC2=O. The van der Waals surface area contributed by atoms with Gasteiger partial charge in [0, 0.05) is 6.42 Å². The van der Waals surface area contributed by atoms with Gasteiger partial charge in [-0.05, 0) is 25.2 Å². The second-order valence-electron chi connectivity index (χ2n) is 7.54. The zero-order valence-corrected chi connectivity index (χ0v) is 14.1. The van der Waals surface area contributed by atoms with Crippen LogP contribution in [0.3, 0.4) is 0 Å². The molecule has 7 nitrogen and oxygen atoms in total. The Hall–Kier alpha value is -1.63. The number of carbonyl (C=O) groups excluding carboxylic acids is 3. The van der Waals surface area contributed by atoms with Crippen LogP contribution < -0.4 is 5.73 Å². The first kappa shape index (κ1) is 17.7. The van der Waals surface area contributed by atoms with Crippen LogP contribution in [0.5, 0.6) is 0 Å². The first-order valence-electron chi connectivity index (χ1n) is 7.88. The molecule has 0 spiro atoms. The third-order valence-electron chi connectivity index (χ3n) is 4.92. The number of carbonyl (C=O) groups is 3. The van der Waals surface area contributed by atoms with Crippen molar-refractivity contribution in [1.29, 1.82) is 0 Å². The summed E-state index contributed by atoms with van der Waals surface area (Å²) in [5.74, 6) is -1.60. The van der Waals surface area contributed by atoms with E-state index in [1.54, 1.807) is 6.92 Å². The van der Waals surface area contributed by atoms with Gasteiger partial charge in [0.1, 0.15) is 17.7 Å². The van der Waals surface area contributed by atoms with Crippen LogP contribution >= 0.6 is 0 Å². The third kappa shape index (κ3) is 3.65. The number of fused-ring (bicyclic) bond motifs is 2. The van der Waals surface area contributed by atoms with Crippen LogP contribution in [-0.2, 0) is 28.6 Å². The van der Waals surface area contributed by atoms with E-state index in [9.17, 15) is 14.4 Å². The molecule has 2 aliphatic rings. The van der Waals surface area contributed by atoms with Crippen molar-refractivity contribution in [3.63, 3.8) is 0 Å². The Morgan fingerprint density at radius 2 is 1.91 bits per heavy atom. The van der Waals surface area contributed by atoms with Crippen molar-refractivity contribution in [1.82, 2.24) is 0 Å². The van der Waals surface area contributed by atoms with E-state index < -0.39 is 35.6 Å². The Balaban J connectivity index is 1.82. The summed E-state index contributed by atoms with van der Waals surface area (Å²) in [6.07, 6.45) is 0.975. The van der Waals surface area contributed by atoms with Gasteiger partial charge in [-0.2, -0.15) is 0 Å². The van der Waals surface area contributed by atoms with E-state index in [0.29, 0.717) is 19.3 Å². The van der Waals surface area contributed by atoms with Crippen LogP contribution in [0.2, 0.25) is 0 Å². The van der Waals surface area contributed by atoms with Crippen molar-refractivity contribution < 1.29 is 28.6 Å². The van der Waals surface area contributed by atoms with Crippen LogP contribution in [-0.4, -0.2) is 42.3 Å². The molecule has 0 radical (unpaired) electrons. The Morgan fingerprint density at radius 1 is 1.26 bits per heavy atom. The lowest BCUT2D eigenvalue weighted by atomic mass is 9.76. The molecule has 1 saturated heterocycles. The Bertz CT molecular complexity index is 507. The third-order valence-corrected chi connectivity index (χ3v) is 4.92. The molecular formula is C16H25NO6. The van der Waals surface area contributed by atoms with E-state index in [4.69, 9.17) is 19.9 Å². The van der Waals surface area contributed by atoms with Crippen molar-refractivity contribution in [2.75, 3.05) is 6.61 Å². The van der Waals surface area contributed by atoms with Gasteiger partial charge >= 0.3 is 17.9 Å². The molecule has 2 rings (SSSR count). The fourth-order valence-electron chi connectivity index (χ4n) is 2.60. The number of nitrogens with two attached hydrogens (primary N) is 1. The molecule has 2 bridgehead atoms. The van der Waals surface area contributed by atoms with Gasteiger partial charge in [0.25, 0.3) is 0 Å². The highest BCUT2D eigenvalue weighted by Crippen LogP contribution is 2.36. The lowest BCUT2D eigenvalue weighted by Crippen LogP contribution is -2.56. The highest BCUT2D eigenvalue weighted by atomic mass is 16.6. The van der Waals surface area contributed by atoms with E-state index in [1.807, 2.05) is 20.8 Å². The summed E-state index contributed by atoms with van der Waals surface area (Å²) in [5.41, 5.74) is 4.26. The first-order chi connectivity index (χ1) is 10.5. The Labute approximate surface area is 135 Å². The second-order valence-corrected chi connectivity index (χ2v) is 7.54. The van der Waals surface area contributed by atoms with Crippen LogP contribution in [0.15, 0.2) is 0 Å². The van der Waals surface area contributed by atoms with Gasteiger partial charge in [0.15, 0.2) is 6.61 Å². The molecule has 2 N–H and O–H groups in total. The first-order valence-corrected chi connectivity index (χ1v) is 7.88. The van der Waals surface area contributed by atoms with Gasteiger partial charge in [-0.15, -0.1) is 0 Å². The van der Waals surface area contributed by atoms with Crippen molar-refractivity contribution >= 4 is 17.9 Å².